The monoisotopic (exact) mass is 524 g/mol. The van der Waals surface area contributed by atoms with Crippen LogP contribution in [0.3, 0.4) is 0 Å². The first kappa shape index (κ1) is 26.2. The highest BCUT2D eigenvalue weighted by Gasteiger charge is 2.25. The molecule has 4 aromatic rings. The van der Waals surface area contributed by atoms with E-state index in [2.05, 4.69) is 10.2 Å². The fraction of sp³-hybridized carbons (Fsp3) is 0.258. The van der Waals surface area contributed by atoms with Gasteiger partial charge in [-0.25, -0.2) is 9.48 Å². The largest absolute Gasteiger partial charge is 0.449 e. The first-order chi connectivity index (χ1) is 18.9. The second-order valence-electron chi connectivity index (χ2n) is 9.67. The van der Waals surface area contributed by atoms with Gasteiger partial charge in [0.05, 0.1) is 18.9 Å². The number of aromatic nitrogens is 2. The minimum Gasteiger partial charge on any atom is -0.449 e. The SMILES string of the molecule is Cc1ccc(-c2nn(-c3ccccc3)cc2C(=O)O[C@@H](C)C(=O)Nc2ccc(N3CCOCC3)cc2)c(C)c1. The van der Waals surface area contributed by atoms with Gasteiger partial charge in [-0.15, -0.1) is 0 Å². The van der Waals surface area contributed by atoms with Gasteiger partial charge in [-0.2, -0.15) is 5.10 Å². The van der Waals surface area contributed by atoms with Crippen molar-refractivity contribution in [3.63, 3.8) is 0 Å². The lowest BCUT2D eigenvalue weighted by atomic mass is 10.0. The molecule has 0 unspecified atom stereocenters. The van der Waals surface area contributed by atoms with Crippen molar-refractivity contribution >= 4 is 23.3 Å². The number of rotatable bonds is 7. The van der Waals surface area contributed by atoms with E-state index in [0.717, 1.165) is 41.2 Å². The number of carbonyl (C=O) groups is 2. The van der Waals surface area contributed by atoms with Crippen molar-refractivity contribution in [1.29, 1.82) is 0 Å². The van der Waals surface area contributed by atoms with Gasteiger partial charge in [0.2, 0.25) is 0 Å². The predicted octanol–water partition coefficient (Wildman–Crippen LogP) is 5.18. The zero-order chi connectivity index (χ0) is 27.4. The summed E-state index contributed by atoms with van der Waals surface area (Å²) in [6, 6.07) is 23.2. The molecule has 39 heavy (non-hydrogen) atoms. The summed E-state index contributed by atoms with van der Waals surface area (Å²) in [7, 11) is 0. The van der Waals surface area contributed by atoms with Crippen molar-refractivity contribution in [3.8, 4) is 16.9 Å². The fourth-order valence-electron chi connectivity index (χ4n) is 4.61. The van der Waals surface area contributed by atoms with E-state index in [1.807, 2.05) is 86.6 Å². The number of ether oxygens (including phenoxy) is 2. The summed E-state index contributed by atoms with van der Waals surface area (Å²) in [6.45, 7) is 8.65. The molecule has 1 atom stereocenters. The third kappa shape index (κ3) is 6.02. The summed E-state index contributed by atoms with van der Waals surface area (Å²) in [5.41, 5.74) is 6.26. The number of benzene rings is 3. The Kier molecular flexibility index (Phi) is 7.74. The van der Waals surface area contributed by atoms with E-state index in [1.54, 1.807) is 17.8 Å². The number of hydrogen-bond acceptors (Lipinski definition) is 6. The number of amides is 1. The molecule has 2 heterocycles. The average Bonchev–Trinajstić information content (AvgIpc) is 3.40. The highest BCUT2D eigenvalue weighted by atomic mass is 16.5. The van der Waals surface area contributed by atoms with Gasteiger partial charge in [-0.05, 0) is 62.7 Å². The Bertz CT molecular complexity index is 1460. The molecule has 8 heteroatoms. The van der Waals surface area contributed by atoms with Gasteiger partial charge in [-0.1, -0.05) is 42.0 Å². The van der Waals surface area contributed by atoms with Gasteiger partial charge in [0.25, 0.3) is 5.91 Å². The highest BCUT2D eigenvalue weighted by molar-refractivity contribution is 6.00. The lowest BCUT2D eigenvalue weighted by Crippen LogP contribution is -2.36. The Morgan fingerprint density at radius 1 is 0.949 bits per heavy atom. The molecule has 1 N–H and O–H groups in total. The van der Waals surface area contributed by atoms with Crippen molar-refractivity contribution in [2.24, 2.45) is 0 Å². The van der Waals surface area contributed by atoms with E-state index in [4.69, 9.17) is 14.6 Å². The zero-order valence-electron chi connectivity index (χ0n) is 22.4. The van der Waals surface area contributed by atoms with Crippen molar-refractivity contribution in [2.45, 2.75) is 26.9 Å². The van der Waals surface area contributed by atoms with E-state index >= 15 is 0 Å². The number of para-hydroxylation sites is 1. The van der Waals surface area contributed by atoms with Crippen LogP contribution < -0.4 is 10.2 Å². The number of aryl methyl sites for hydroxylation is 2. The number of esters is 1. The van der Waals surface area contributed by atoms with Gasteiger partial charge in [-0.3, -0.25) is 4.79 Å². The lowest BCUT2D eigenvalue weighted by molar-refractivity contribution is -0.123. The van der Waals surface area contributed by atoms with Crippen molar-refractivity contribution in [1.82, 2.24) is 9.78 Å². The molecule has 0 saturated carbocycles. The van der Waals surface area contributed by atoms with Crippen LogP contribution in [0.4, 0.5) is 11.4 Å². The summed E-state index contributed by atoms with van der Waals surface area (Å²) in [5.74, 6) is -1.02. The van der Waals surface area contributed by atoms with E-state index < -0.39 is 18.0 Å². The lowest BCUT2D eigenvalue weighted by Gasteiger charge is -2.28. The van der Waals surface area contributed by atoms with Gasteiger partial charge in [0, 0.05) is 36.2 Å². The molecule has 8 nitrogen and oxygen atoms in total. The van der Waals surface area contributed by atoms with Crippen LogP contribution in [0, 0.1) is 13.8 Å². The number of anilines is 2. The number of morpholine rings is 1. The standard InChI is InChI=1S/C31H32N4O4/c1-21-9-14-27(22(2)19-21)29-28(20-35(33-29)26-7-5-4-6-8-26)31(37)39-23(3)30(36)32-24-10-12-25(13-11-24)34-15-17-38-18-16-34/h4-14,19-20,23H,15-18H2,1-3H3,(H,32,36)/t23-/m0/s1. The first-order valence-electron chi connectivity index (χ1n) is 13.1. The second-order valence-corrected chi connectivity index (χ2v) is 9.67. The van der Waals surface area contributed by atoms with E-state index in [0.29, 0.717) is 30.2 Å². The molecule has 0 spiro atoms. The summed E-state index contributed by atoms with van der Waals surface area (Å²) >= 11 is 0. The first-order valence-corrected chi connectivity index (χ1v) is 13.1. The molecule has 0 aliphatic carbocycles. The Labute approximate surface area is 228 Å². The molecule has 0 bridgehead atoms. The summed E-state index contributed by atoms with van der Waals surface area (Å²) in [5, 5.41) is 7.57. The van der Waals surface area contributed by atoms with E-state index in [9.17, 15) is 9.59 Å². The number of hydrogen-bond donors (Lipinski definition) is 1. The molecule has 200 valence electrons. The third-order valence-corrected chi connectivity index (χ3v) is 6.76. The van der Waals surface area contributed by atoms with Crippen LogP contribution in [-0.4, -0.2) is 54.1 Å². The van der Waals surface area contributed by atoms with Gasteiger partial charge in [0.15, 0.2) is 6.10 Å². The van der Waals surface area contributed by atoms with Crippen molar-refractivity contribution in [3.05, 3.63) is 95.7 Å². The molecule has 5 rings (SSSR count). The number of nitrogens with one attached hydrogen (secondary N) is 1. The quantitative estimate of drug-likeness (QED) is 0.336. The van der Waals surface area contributed by atoms with Crippen molar-refractivity contribution < 1.29 is 19.1 Å². The molecular formula is C31H32N4O4. The third-order valence-electron chi connectivity index (χ3n) is 6.76. The number of carbonyl (C=O) groups excluding carboxylic acids is 2. The minimum absolute atomic E-state index is 0.292. The Morgan fingerprint density at radius 2 is 1.67 bits per heavy atom. The van der Waals surface area contributed by atoms with Crippen LogP contribution in [-0.2, 0) is 14.3 Å². The topological polar surface area (TPSA) is 85.7 Å². The van der Waals surface area contributed by atoms with E-state index in [1.165, 1.54) is 0 Å². The Balaban J connectivity index is 1.32. The van der Waals surface area contributed by atoms with Crippen LogP contribution in [0.15, 0.2) is 79.0 Å². The second kappa shape index (κ2) is 11.5. The summed E-state index contributed by atoms with van der Waals surface area (Å²) in [6.07, 6.45) is 0.643. The minimum atomic E-state index is -1.01. The maximum Gasteiger partial charge on any atom is 0.342 e. The predicted molar refractivity (Wildman–Crippen MR) is 151 cm³/mol. The van der Waals surface area contributed by atoms with Crippen LogP contribution in [0.2, 0.25) is 0 Å². The van der Waals surface area contributed by atoms with Gasteiger partial charge < -0.3 is 19.7 Å². The Morgan fingerprint density at radius 3 is 2.36 bits per heavy atom. The molecule has 1 aliphatic rings. The molecule has 1 saturated heterocycles. The van der Waals surface area contributed by atoms with Crippen LogP contribution in [0.5, 0.6) is 0 Å². The van der Waals surface area contributed by atoms with Crippen LogP contribution >= 0.6 is 0 Å². The average molecular weight is 525 g/mol. The van der Waals surface area contributed by atoms with Crippen molar-refractivity contribution in [2.75, 3.05) is 36.5 Å². The Hall–Kier alpha value is -4.43. The summed E-state index contributed by atoms with van der Waals surface area (Å²) < 4.78 is 12.7. The van der Waals surface area contributed by atoms with Crippen LogP contribution in [0.1, 0.15) is 28.4 Å². The van der Waals surface area contributed by atoms with E-state index in [-0.39, 0.29) is 0 Å². The molecule has 1 aromatic heterocycles. The number of nitrogens with zero attached hydrogens (tertiary/aromatic N) is 3. The zero-order valence-corrected chi connectivity index (χ0v) is 22.4. The van der Waals surface area contributed by atoms with Gasteiger partial charge in [0.1, 0.15) is 11.3 Å². The molecular weight excluding hydrogens is 492 g/mol. The summed E-state index contributed by atoms with van der Waals surface area (Å²) in [4.78, 5) is 28.5. The maximum atomic E-state index is 13.4. The fourth-order valence-corrected chi connectivity index (χ4v) is 4.61. The smallest absolute Gasteiger partial charge is 0.342 e. The molecule has 0 radical (unpaired) electrons. The maximum absolute atomic E-state index is 13.4. The molecule has 1 aliphatic heterocycles. The molecule has 1 fully saturated rings. The molecule has 1 amide bonds. The normalized spacial score (nSPS) is 14.1. The van der Waals surface area contributed by atoms with Gasteiger partial charge >= 0.3 is 5.97 Å². The van der Waals surface area contributed by atoms with Crippen LogP contribution in [0.25, 0.3) is 16.9 Å². The highest BCUT2D eigenvalue weighted by Crippen LogP contribution is 2.28. The molecule has 3 aromatic carbocycles.